The molecule has 20 heavy (non-hydrogen) atoms. The van der Waals surface area contributed by atoms with Crippen molar-refractivity contribution in [3.63, 3.8) is 0 Å². The molecule has 1 saturated carbocycles. The van der Waals surface area contributed by atoms with E-state index >= 15 is 0 Å². The molecular formula is C17H34N2O. The van der Waals surface area contributed by atoms with E-state index in [4.69, 9.17) is 4.74 Å². The van der Waals surface area contributed by atoms with Gasteiger partial charge in [0, 0.05) is 31.7 Å². The molecule has 2 rings (SSSR count). The molecule has 1 atom stereocenters. The zero-order valence-electron chi connectivity index (χ0n) is 13.8. The monoisotopic (exact) mass is 282 g/mol. The van der Waals surface area contributed by atoms with Gasteiger partial charge in [-0.15, -0.1) is 0 Å². The third kappa shape index (κ3) is 5.01. The third-order valence-corrected chi connectivity index (χ3v) is 4.89. The van der Waals surface area contributed by atoms with Gasteiger partial charge in [0.05, 0.1) is 6.61 Å². The van der Waals surface area contributed by atoms with Crippen LogP contribution >= 0.6 is 0 Å². The number of hydrogen-bond acceptors (Lipinski definition) is 3. The standard InChI is InChI=1S/C17H34N2O/c1-15(2)10-18-12-17(8-9-20-14-17)13-19(3)11-16-6-4-5-7-16/h15-16,18H,4-14H2,1-3H3. The van der Waals surface area contributed by atoms with E-state index in [0.717, 1.165) is 38.1 Å². The van der Waals surface area contributed by atoms with Crippen molar-refractivity contribution in [3.8, 4) is 0 Å². The van der Waals surface area contributed by atoms with Crippen LogP contribution in [0, 0.1) is 17.3 Å². The second kappa shape index (κ2) is 7.77. The highest BCUT2D eigenvalue weighted by atomic mass is 16.5. The Morgan fingerprint density at radius 2 is 2.05 bits per heavy atom. The van der Waals surface area contributed by atoms with Crippen molar-refractivity contribution in [1.82, 2.24) is 10.2 Å². The molecule has 0 aromatic rings. The van der Waals surface area contributed by atoms with Gasteiger partial charge in [0.15, 0.2) is 0 Å². The van der Waals surface area contributed by atoms with E-state index in [0.29, 0.717) is 5.41 Å². The predicted octanol–water partition coefficient (Wildman–Crippen LogP) is 2.76. The molecule has 0 amide bonds. The first kappa shape index (κ1) is 16.3. The summed E-state index contributed by atoms with van der Waals surface area (Å²) in [6.45, 7) is 11.1. The summed E-state index contributed by atoms with van der Waals surface area (Å²) in [4.78, 5) is 2.57. The third-order valence-electron chi connectivity index (χ3n) is 4.89. The normalized spacial score (nSPS) is 28.1. The van der Waals surface area contributed by atoms with E-state index in [1.54, 1.807) is 0 Å². The Labute approximate surface area is 125 Å². The molecule has 0 spiro atoms. The van der Waals surface area contributed by atoms with E-state index < -0.39 is 0 Å². The molecule has 0 radical (unpaired) electrons. The maximum absolute atomic E-state index is 5.72. The fourth-order valence-electron chi connectivity index (χ4n) is 3.87. The lowest BCUT2D eigenvalue weighted by Gasteiger charge is -2.34. The summed E-state index contributed by atoms with van der Waals surface area (Å²) in [7, 11) is 2.31. The van der Waals surface area contributed by atoms with Crippen LogP contribution in [0.4, 0.5) is 0 Å². The molecule has 3 heteroatoms. The molecule has 1 unspecified atom stereocenters. The maximum Gasteiger partial charge on any atom is 0.0547 e. The minimum atomic E-state index is 0.349. The van der Waals surface area contributed by atoms with Gasteiger partial charge in [-0.05, 0) is 44.7 Å². The molecule has 118 valence electrons. The number of hydrogen-bond donors (Lipinski definition) is 1. The molecule has 0 aromatic heterocycles. The van der Waals surface area contributed by atoms with Gasteiger partial charge in [-0.25, -0.2) is 0 Å². The summed E-state index contributed by atoms with van der Waals surface area (Å²) < 4.78 is 5.72. The van der Waals surface area contributed by atoms with Crippen molar-refractivity contribution in [2.24, 2.45) is 17.3 Å². The van der Waals surface area contributed by atoms with Gasteiger partial charge in [-0.2, -0.15) is 0 Å². The van der Waals surface area contributed by atoms with E-state index in [-0.39, 0.29) is 0 Å². The first-order valence-electron chi connectivity index (χ1n) is 8.57. The Bertz CT molecular complexity index is 268. The molecule has 1 saturated heterocycles. The van der Waals surface area contributed by atoms with Gasteiger partial charge in [-0.1, -0.05) is 26.7 Å². The highest BCUT2D eigenvalue weighted by molar-refractivity contribution is 4.88. The lowest BCUT2D eigenvalue weighted by molar-refractivity contribution is 0.112. The highest BCUT2D eigenvalue weighted by Crippen LogP contribution is 2.31. The lowest BCUT2D eigenvalue weighted by atomic mass is 9.86. The molecular weight excluding hydrogens is 248 g/mol. The zero-order chi connectivity index (χ0) is 14.4. The fraction of sp³-hybridized carbons (Fsp3) is 1.00. The van der Waals surface area contributed by atoms with E-state index in [2.05, 4.69) is 31.1 Å². The minimum Gasteiger partial charge on any atom is -0.381 e. The van der Waals surface area contributed by atoms with Crippen molar-refractivity contribution >= 4 is 0 Å². The molecule has 0 bridgehead atoms. The quantitative estimate of drug-likeness (QED) is 0.741. The van der Waals surface area contributed by atoms with Gasteiger partial charge in [0.2, 0.25) is 0 Å². The Hall–Kier alpha value is -0.120. The predicted molar refractivity (Wildman–Crippen MR) is 85.0 cm³/mol. The SMILES string of the molecule is CC(C)CNCC1(CN(C)CC2CCCC2)CCOC1. The fourth-order valence-corrected chi connectivity index (χ4v) is 3.87. The number of ether oxygens (including phenoxy) is 1. The summed E-state index contributed by atoms with van der Waals surface area (Å²) in [5, 5.41) is 3.66. The number of rotatable bonds is 8. The van der Waals surface area contributed by atoms with Gasteiger partial charge in [-0.3, -0.25) is 0 Å². The Kier molecular flexibility index (Phi) is 6.31. The van der Waals surface area contributed by atoms with Crippen LogP contribution in [0.5, 0.6) is 0 Å². The molecule has 1 aliphatic heterocycles. The summed E-state index contributed by atoms with van der Waals surface area (Å²) in [6, 6.07) is 0. The first-order valence-corrected chi connectivity index (χ1v) is 8.57. The molecule has 1 heterocycles. The van der Waals surface area contributed by atoms with Crippen LogP contribution in [-0.2, 0) is 4.74 Å². The van der Waals surface area contributed by atoms with Gasteiger partial charge in [0.1, 0.15) is 0 Å². The number of nitrogens with zero attached hydrogens (tertiary/aromatic N) is 1. The zero-order valence-corrected chi connectivity index (χ0v) is 13.8. The topological polar surface area (TPSA) is 24.5 Å². The van der Waals surface area contributed by atoms with Crippen LogP contribution in [0.2, 0.25) is 0 Å². The van der Waals surface area contributed by atoms with Gasteiger partial charge >= 0.3 is 0 Å². The smallest absolute Gasteiger partial charge is 0.0547 e. The van der Waals surface area contributed by atoms with Crippen molar-refractivity contribution in [2.75, 3.05) is 46.4 Å². The van der Waals surface area contributed by atoms with Crippen LogP contribution in [0.3, 0.4) is 0 Å². The van der Waals surface area contributed by atoms with Crippen LogP contribution in [0.15, 0.2) is 0 Å². The molecule has 2 fully saturated rings. The highest BCUT2D eigenvalue weighted by Gasteiger charge is 2.36. The van der Waals surface area contributed by atoms with E-state index in [9.17, 15) is 0 Å². The average Bonchev–Trinajstić information content (AvgIpc) is 3.01. The maximum atomic E-state index is 5.72. The van der Waals surface area contributed by atoms with Crippen LogP contribution in [0.25, 0.3) is 0 Å². The van der Waals surface area contributed by atoms with E-state index in [1.807, 2.05) is 0 Å². The number of nitrogens with one attached hydrogen (secondary N) is 1. The largest absolute Gasteiger partial charge is 0.381 e. The van der Waals surface area contributed by atoms with Crippen molar-refractivity contribution in [2.45, 2.75) is 46.0 Å². The molecule has 0 aromatic carbocycles. The van der Waals surface area contributed by atoms with Crippen LogP contribution < -0.4 is 5.32 Å². The van der Waals surface area contributed by atoms with Gasteiger partial charge < -0.3 is 15.0 Å². The first-order chi connectivity index (χ1) is 9.60. The molecule has 1 aliphatic carbocycles. The van der Waals surface area contributed by atoms with Gasteiger partial charge in [0.25, 0.3) is 0 Å². The van der Waals surface area contributed by atoms with E-state index in [1.165, 1.54) is 45.2 Å². The summed E-state index contributed by atoms with van der Waals surface area (Å²) in [5.74, 6) is 1.67. The van der Waals surface area contributed by atoms with Crippen molar-refractivity contribution in [3.05, 3.63) is 0 Å². The summed E-state index contributed by atoms with van der Waals surface area (Å²) in [6.07, 6.45) is 7.00. The average molecular weight is 282 g/mol. The summed E-state index contributed by atoms with van der Waals surface area (Å²) in [5.41, 5.74) is 0.349. The minimum absolute atomic E-state index is 0.349. The van der Waals surface area contributed by atoms with Crippen molar-refractivity contribution in [1.29, 1.82) is 0 Å². The Morgan fingerprint density at radius 3 is 2.65 bits per heavy atom. The Morgan fingerprint density at radius 1 is 1.30 bits per heavy atom. The molecule has 2 aliphatic rings. The molecule has 1 N–H and O–H groups in total. The lowest BCUT2D eigenvalue weighted by Crippen LogP contribution is -2.45. The Balaban J connectivity index is 1.77. The van der Waals surface area contributed by atoms with Crippen LogP contribution in [-0.4, -0.2) is 51.3 Å². The second-order valence-corrected chi connectivity index (χ2v) is 7.67. The summed E-state index contributed by atoms with van der Waals surface area (Å²) >= 11 is 0. The second-order valence-electron chi connectivity index (χ2n) is 7.67. The van der Waals surface area contributed by atoms with Crippen LogP contribution in [0.1, 0.15) is 46.0 Å². The van der Waals surface area contributed by atoms with Crippen molar-refractivity contribution < 1.29 is 4.74 Å². The molecule has 3 nitrogen and oxygen atoms in total.